The van der Waals surface area contributed by atoms with Gasteiger partial charge in [0.05, 0.1) is 12.5 Å². The van der Waals surface area contributed by atoms with Gasteiger partial charge in [-0.1, -0.05) is 6.92 Å². The van der Waals surface area contributed by atoms with Crippen molar-refractivity contribution >= 4 is 11.9 Å². The summed E-state index contributed by atoms with van der Waals surface area (Å²) in [6.45, 7) is 6.10. The van der Waals surface area contributed by atoms with Crippen molar-refractivity contribution in [3.8, 4) is 0 Å². The zero-order valence-corrected chi connectivity index (χ0v) is 11.8. The van der Waals surface area contributed by atoms with Crippen molar-refractivity contribution in [2.45, 2.75) is 39.2 Å². The number of ether oxygens (including phenoxy) is 2. The second kappa shape index (κ2) is 6.37. The predicted molar refractivity (Wildman–Crippen MR) is 69.5 cm³/mol. The molecule has 0 bridgehead atoms. The van der Waals surface area contributed by atoms with E-state index in [0.717, 1.165) is 25.8 Å². The average molecular weight is 269 g/mol. The molecule has 2 aliphatic rings. The molecule has 108 valence electrons. The standard InChI is InChI=1S/C14H23NO4/c1-3-18-14(17)11-5-4-7-15(9-11)13(16)12-10(2)6-8-19-12/h10-12H,3-9H2,1-2H3/t10?,11-,12?/m0/s1. The van der Waals surface area contributed by atoms with Gasteiger partial charge in [-0.25, -0.2) is 0 Å². The van der Waals surface area contributed by atoms with Gasteiger partial charge in [0.15, 0.2) is 0 Å². The highest BCUT2D eigenvalue weighted by Gasteiger charge is 2.37. The molecule has 2 saturated heterocycles. The number of esters is 1. The topological polar surface area (TPSA) is 55.8 Å². The summed E-state index contributed by atoms with van der Waals surface area (Å²) in [5, 5.41) is 0. The summed E-state index contributed by atoms with van der Waals surface area (Å²) < 4.78 is 10.6. The molecule has 0 aromatic rings. The SMILES string of the molecule is CCOC(=O)[C@H]1CCCN(C(=O)C2OCCC2C)C1. The van der Waals surface area contributed by atoms with E-state index in [9.17, 15) is 9.59 Å². The minimum absolute atomic E-state index is 0.0407. The molecule has 19 heavy (non-hydrogen) atoms. The lowest BCUT2D eigenvalue weighted by atomic mass is 9.96. The maximum Gasteiger partial charge on any atom is 0.310 e. The van der Waals surface area contributed by atoms with Crippen LogP contribution >= 0.6 is 0 Å². The number of nitrogens with zero attached hydrogens (tertiary/aromatic N) is 1. The highest BCUT2D eigenvalue weighted by Crippen LogP contribution is 2.25. The molecule has 1 amide bonds. The van der Waals surface area contributed by atoms with Crippen molar-refractivity contribution in [1.82, 2.24) is 4.90 Å². The maximum atomic E-state index is 12.4. The number of hydrogen-bond donors (Lipinski definition) is 0. The normalized spacial score (nSPS) is 31.3. The first kappa shape index (κ1) is 14.3. The van der Waals surface area contributed by atoms with Gasteiger partial charge < -0.3 is 14.4 Å². The van der Waals surface area contributed by atoms with Crippen molar-refractivity contribution in [2.75, 3.05) is 26.3 Å². The predicted octanol–water partition coefficient (Wildman–Crippen LogP) is 1.21. The van der Waals surface area contributed by atoms with Crippen LogP contribution in [-0.2, 0) is 19.1 Å². The molecule has 3 atom stereocenters. The lowest BCUT2D eigenvalue weighted by Crippen LogP contribution is -2.47. The van der Waals surface area contributed by atoms with E-state index in [2.05, 4.69) is 0 Å². The molecular weight excluding hydrogens is 246 g/mol. The van der Waals surface area contributed by atoms with E-state index in [-0.39, 0.29) is 29.8 Å². The van der Waals surface area contributed by atoms with Crippen LogP contribution in [0.25, 0.3) is 0 Å². The smallest absolute Gasteiger partial charge is 0.310 e. The van der Waals surface area contributed by atoms with E-state index in [1.807, 2.05) is 6.92 Å². The Hall–Kier alpha value is -1.10. The van der Waals surface area contributed by atoms with E-state index in [1.54, 1.807) is 11.8 Å². The zero-order chi connectivity index (χ0) is 13.8. The van der Waals surface area contributed by atoms with Crippen LogP contribution < -0.4 is 0 Å². The lowest BCUT2D eigenvalue weighted by Gasteiger charge is -2.33. The fourth-order valence-electron chi connectivity index (χ4n) is 2.82. The molecule has 0 spiro atoms. The van der Waals surface area contributed by atoms with Gasteiger partial charge in [0.2, 0.25) is 0 Å². The Bertz CT molecular complexity index is 344. The number of likely N-dealkylation sites (tertiary alicyclic amines) is 1. The second-order valence-corrected chi connectivity index (χ2v) is 5.43. The first-order valence-electron chi connectivity index (χ1n) is 7.20. The minimum Gasteiger partial charge on any atom is -0.466 e. The fourth-order valence-corrected chi connectivity index (χ4v) is 2.82. The van der Waals surface area contributed by atoms with Gasteiger partial charge in [0.25, 0.3) is 5.91 Å². The quantitative estimate of drug-likeness (QED) is 0.723. The fraction of sp³-hybridized carbons (Fsp3) is 0.857. The third-order valence-electron chi connectivity index (χ3n) is 3.98. The Morgan fingerprint density at radius 1 is 1.37 bits per heavy atom. The van der Waals surface area contributed by atoms with Crippen LogP contribution in [0.2, 0.25) is 0 Å². The molecular formula is C14H23NO4. The summed E-state index contributed by atoms with van der Waals surface area (Å²) in [6.07, 6.45) is 2.28. The van der Waals surface area contributed by atoms with Gasteiger partial charge in [-0.15, -0.1) is 0 Å². The summed E-state index contributed by atoms with van der Waals surface area (Å²) in [7, 11) is 0. The van der Waals surface area contributed by atoms with Crippen LogP contribution in [0.5, 0.6) is 0 Å². The van der Waals surface area contributed by atoms with Crippen molar-refractivity contribution in [3.05, 3.63) is 0 Å². The van der Waals surface area contributed by atoms with Crippen molar-refractivity contribution in [3.63, 3.8) is 0 Å². The van der Waals surface area contributed by atoms with Gasteiger partial charge in [-0.05, 0) is 32.1 Å². The summed E-state index contributed by atoms with van der Waals surface area (Å²) >= 11 is 0. The molecule has 2 unspecified atom stereocenters. The molecule has 0 aromatic heterocycles. The maximum absolute atomic E-state index is 12.4. The molecule has 0 saturated carbocycles. The molecule has 0 aliphatic carbocycles. The third kappa shape index (κ3) is 3.26. The molecule has 2 aliphatic heterocycles. The Labute approximate surface area is 114 Å². The molecule has 5 heteroatoms. The highest BCUT2D eigenvalue weighted by atomic mass is 16.5. The first-order chi connectivity index (χ1) is 9.13. The zero-order valence-electron chi connectivity index (χ0n) is 11.8. The van der Waals surface area contributed by atoms with E-state index in [4.69, 9.17) is 9.47 Å². The molecule has 0 aromatic carbocycles. The van der Waals surface area contributed by atoms with Crippen molar-refractivity contribution in [2.24, 2.45) is 11.8 Å². The van der Waals surface area contributed by atoms with Crippen LogP contribution in [-0.4, -0.2) is 49.2 Å². The minimum atomic E-state index is -0.319. The molecule has 2 fully saturated rings. The van der Waals surface area contributed by atoms with Crippen LogP contribution in [0.3, 0.4) is 0 Å². The van der Waals surface area contributed by atoms with Crippen LogP contribution in [0, 0.1) is 11.8 Å². The van der Waals surface area contributed by atoms with Gasteiger partial charge >= 0.3 is 5.97 Å². The summed E-state index contributed by atoms with van der Waals surface area (Å²) in [6, 6.07) is 0. The molecule has 5 nitrogen and oxygen atoms in total. The molecule has 2 rings (SSSR count). The monoisotopic (exact) mass is 269 g/mol. The number of rotatable bonds is 3. The largest absolute Gasteiger partial charge is 0.466 e. The molecule has 2 heterocycles. The third-order valence-corrected chi connectivity index (χ3v) is 3.98. The number of carbonyl (C=O) groups is 2. The van der Waals surface area contributed by atoms with Gasteiger partial charge in [-0.2, -0.15) is 0 Å². The Balaban J connectivity index is 1.93. The Morgan fingerprint density at radius 2 is 2.16 bits per heavy atom. The average Bonchev–Trinajstić information content (AvgIpc) is 2.84. The number of hydrogen-bond acceptors (Lipinski definition) is 4. The summed E-state index contributed by atoms with van der Waals surface area (Å²) in [4.78, 5) is 25.9. The molecule has 0 radical (unpaired) electrons. The van der Waals surface area contributed by atoms with Crippen LogP contribution in [0.1, 0.15) is 33.1 Å². The first-order valence-corrected chi connectivity index (χ1v) is 7.20. The Morgan fingerprint density at radius 3 is 2.79 bits per heavy atom. The summed E-state index contributed by atoms with van der Waals surface area (Å²) in [5.41, 5.74) is 0. The van der Waals surface area contributed by atoms with E-state index in [0.29, 0.717) is 19.8 Å². The van der Waals surface area contributed by atoms with Gasteiger partial charge in [0, 0.05) is 19.7 Å². The van der Waals surface area contributed by atoms with Gasteiger partial charge in [0.1, 0.15) is 6.10 Å². The van der Waals surface area contributed by atoms with Crippen LogP contribution in [0.4, 0.5) is 0 Å². The number of piperidine rings is 1. The number of carbonyl (C=O) groups excluding carboxylic acids is 2. The number of amides is 1. The summed E-state index contributed by atoms with van der Waals surface area (Å²) in [5.74, 6) is -0.0378. The van der Waals surface area contributed by atoms with E-state index < -0.39 is 0 Å². The van der Waals surface area contributed by atoms with Gasteiger partial charge in [-0.3, -0.25) is 9.59 Å². The highest BCUT2D eigenvalue weighted by molar-refractivity contribution is 5.82. The lowest BCUT2D eigenvalue weighted by molar-refractivity contribution is -0.153. The van der Waals surface area contributed by atoms with Crippen LogP contribution in [0.15, 0.2) is 0 Å². The molecule has 0 N–H and O–H groups in total. The van der Waals surface area contributed by atoms with E-state index >= 15 is 0 Å². The van der Waals surface area contributed by atoms with Crippen molar-refractivity contribution in [1.29, 1.82) is 0 Å². The van der Waals surface area contributed by atoms with E-state index in [1.165, 1.54) is 0 Å². The second-order valence-electron chi connectivity index (χ2n) is 5.43. The Kier molecular flexibility index (Phi) is 4.80. The van der Waals surface area contributed by atoms with Crippen molar-refractivity contribution < 1.29 is 19.1 Å².